The highest BCUT2D eigenvalue weighted by atomic mass is 16.6. The van der Waals surface area contributed by atoms with Gasteiger partial charge in [0.2, 0.25) is 0 Å². The van der Waals surface area contributed by atoms with Crippen molar-refractivity contribution in [3.05, 3.63) is 65.7 Å². The van der Waals surface area contributed by atoms with Crippen molar-refractivity contribution in [3.63, 3.8) is 0 Å². The van der Waals surface area contributed by atoms with Gasteiger partial charge in [0.15, 0.2) is 0 Å². The average Bonchev–Trinajstić information content (AvgIpc) is 2.66. The maximum absolute atomic E-state index is 12.4. The normalized spacial score (nSPS) is 19.9. The van der Waals surface area contributed by atoms with E-state index < -0.39 is 11.2 Å². The highest BCUT2D eigenvalue weighted by Gasteiger charge is 2.38. The smallest absolute Gasteiger partial charge is 0.410 e. The van der Waals surface area contributed by atoms with Crippen molar-refractivity contribution in [2.24, 2.45) is 0 Å². The Bertz CT molecular complexity index is 782. The van der Waals surface area contributed by atoms with Crippen molar-refractivity contribution >= 4 is 6.09 Å². The van der Waals surface area contributed by atoms with Gasteiger partial charge in [0.1, 0.15) is 23.6 Å². The molecule has 0 bridgehead atoms. The molecule has 1 atom stereocenters. The molecule has 1 fully saturated rings. The summed E-state index contributed by atoms with van der Waals surface area (Å²) >= 11 is 0. The molecule has 150 valence electrons. The van der Waals surface area contributed by atoms with Crippen molar-refractivity contribution in [2.45, 2.75) is 51.4 Å². The van der Waals surface area contributed by atoms with E-state index in [0.29, 0.717) is 19.6 Å². The number of piperidine rings is 1. The van der Waals surface area contributed by atoms with E-state index in [1.807, 2.05) is 75.4 Å². The number of carbonyl (C=O) groups excluding carboxylic acids is 1. The van der Waals surface area contributed by atoms with Crippen molar-refractivity contribution in [2.75, 3.05) is 13.1 Å². The fourth-order valence-electron chi connectivity index (χ4n) is 3.36. The summed E-state index contributed by atoms with van der Waals surface area (Å²) in [6.07, 6.45) is 0.951. The van der Waals surface area contributed by atoms with Gasteiger partial charge in [-0.1, -0.05) is 42.5 Å². The number of amides is 1. The zero-order valence-electron chi connectivity index (χ0n) is 16.9. The molecule has 3 rings (SSSR count). The second-order valence-corrected chi connectivity index (χ2v) is 8.34. The van der Waals surface area contributed by atoms with Gasteiger partial charge in [0.25, 0.3) is 0 Å². The number of ether oxygens (including phenoxy) is 2. The Morgan fingerprint density at radius 2 is 1.79 bits per heavy atom. The Hall–Kier alpha value is -2.53. The highest BCUT2D eigenvalue weighted by Crippen LogP contribution is 2.33. The van der Waals surface area contributed by atoms with Gasteiger partial charge in [-0.05, 0) is 56.9 Å². The zero-order chi connectivity index (χ0) is 20.2. The van der Waals surface area contributed by atoms with Crippen LogP contribution < -0.4 is 4.74 Å². The van der Waals surface area contributed by atoms with Crippen LogP contribution in [-0.4, -0.2) is 34.8 Å². The van der Waals surface area contributed by atoms with E-state index in [0.717, 1.165) is 23.3 Å². The second kappa shape index (κ2) is 8.23. The van der Waals surface area contributed by atoms with Crippen LogP contribution in [0, 0.1) is 0 Å². The van der Waals surface area contributed by atoms with Gasteiger partial charge in [-0.15, -0.1) is 0 Å². The maximum atomic E-state index is 12.4. The second-order valence-electron chi connectivity index (χ2n) is 8.34. The van der Waals surface area contributed by atoms with E-state index in [4.69, 9.17) is 9.47 Å². The molecule has 2 aromatic rings. The van der Waals surface area contributed by atoms with E-state index >= 15 is 0 Å². The van der Waals surface area contributed by atoms with E-state index in [2.05, 4.69) is 0 Å². The van der Waals surface area contributed by atoms with E-state index in [1.54, 1.807) is 4.90 Å². The lowest BCUT2D eigenvalue weighted by atomic mass is 9.86. The number of carbonyl (C=O) groups is 1. The number of β-amino-alcohol motifs (C(OH)–C–C–N with tert-alkyl or cyclic N) is 1. The topological polar surface area (TPSA) is 59.0 Å². The number of rotatable bonds is 4. The number of likely N-dealkylation sites (tertiary alicyclic amines) is 1. The van der Waals surface area contributed by atoms with Crippen molar-refractivity contribution in [3.8, 4) is 5.75 Å². The molecule has 0 radical (unpaired) electrons. The molecular weight excluding hydrogens is 354 g/mol. The van der Waals surface area contributed by atoms with Crippen LogP contribution in [0.3, 0.4) is 0 Å². The van der Waals surface area contributed by atoms with Gasteiger partial charge >= 0.3 is 6.09 Å². The van der Waals surface area contributed by atoms with Crippen LogP contribution in [0.1, 0.15) is 44.7 Å². The van der Waals surface area contributed by atoms with E-state index in [9.17, 15) is 9.90 Å². The van der Waals surface area contributed by atoms with Gasteiger partial charge in [0.05, 0.1) is 6.54 Å². The predicted molar refractivity (Wildman–Crippen MR) is 108 cm³/mol. The molecule has 1 heterocycles. The van der Waals surface area contributed by atoms with Gasteiger partial charge in [-0.3, -0.25) is 0 Å². The summed E-state index contributed by atoms with van der Waals surface area (Å²) in [7, 11) is 0. The molecule has 1 aliphatic heterocycles. The SMILES string of the molecule is CC(C)(C)OC(=O)N1CCCC(O)(c2ccc(OCc3ccccc3)cc2)C1. The summed E-state index contributed by atoms with van der Waals surface area (Å²) in [5.41, 5.74) is 0.260. The Morgan fingerprint density at radius 3 is 2.43 bits per heavy atom. The van der Waals surface area contributed by atoms with Gasteiger partial charge in [-0.2, -0.15) is 0 Å². The molecule has 5 heteroatoms. The standard InChI is InChI=1S/C23H29NO4/c1-22(2,3)28-21(25)24-15-7-14-23(26,17-24)19-10-12-20(13-11-19)27-16-18-8-5-4-6-9-18/h4-6,8-13,26H,7,14-17H2,1-3H3. The Balaban J connectivity index is 1.64. The average molecular weight is 383 g/mol. The largest absolute Gasteiger partial charge is 0.489 e. The first-order valence-corrected chi connectivity index (χ1v) is 9.73. The summed E-state index contributed by atoms with van der Waals surface area (Å²) < 4.78 is 11.3. The van der Waals surface area contributed by atoms with Gasteiger partial charge in [0, 0.05) is 6.54 Å². The first-order valence-electron chi connectivity index (χ1n) is 9.73. The summed E-state index contributed by atoms with van der Waals surface area (Å²) in [5.74, 6) is 0.746. The van der Waals surface area contributed by atoms with Crippen LogP contribution in [0.4, 0.5) is 4.79 Å². The molecule has 28 heavy (non-hydrogen) atoms. The molecular formula is C23H29NO4. The Kier molecular flexibility index (Phi) is 5.94. The fourth-order valence-corrected chi connectivity index (χ4v) is 3.36. The molecule has 2 aromatic carbocycles. The first kappa shape index (κ1) is 20.2. The van der Waals surface area contributed by atoms with Gasteiger partial charge < -0.3 is 19.5 Å². The molecule has 1 aliphatic rings. The zero-order valence-corrected chi connectivity index (χ0v) is 16.9. The number of aliphatic hydroxyl groups is 1. The molecule has 0 aromatic heterocycles. The van der Waals surface area contributed by atoms with E-state index in [-0.39, 0.29) is 12.6 Å². The lowest BCUT2D eigenvalue weighted by Crippen LogP contribution is -2.49. The van der Waals surface area contributed by atoms with Crippen molar-refractivity contribution in [1.82, 2.24) is 4.90 Å². The quantitative estimate of drug-likeness (QED) is 0.845. The third-order valence-corrected chi connectivity index (χ3v) is 4.76. The van der Waals surface area contributed by atoms with Crippen LogP contribution in [0.2, 0.25) is 0 Å². The van der Waals surface area contributed by atoms with Crippen LogP contribution >= 0.6 is 0 Å². The molecule has 0 spiro atoms. The predicted octanol–water partition coefficient (Wildman–Crippen LogP) is 4.48. The minimum Gasteiger partial charge on any atom is -0.489 e. The minimum absolute atomic E-state index is 0.228. The summed E-state index contributed by atoms with van der Waals surface area (Å²) in [4.78, 5) is 14.0. The molecule has 0 saturated carbocycles. The number of nitrogens with zero attached hydrogens (tertiary/aromatic N) is 1. The number of hydrogen-bond donors (Lipinski definition) is 1. The fraction of sp³-hybridized carbons (Fsp3) is 0.435. The minimum atomic E-state index is -1.08. The summed E-state index contributed by atoms with van der Waals surface area (Å²) in [6, 6.07) is 17.5. The van der Waals surface area contributed by atoms with E-state index in [1.165, 1.54) is 0 Å². The number of benzene rings is 2. The molecule has 5 nitrogen and oxygen atoms in total. The lowest BCUT2D eigenvalue weighted by Gasteiger charge is -2.40. The maximum Gasteiger partial charge on any atom is 0.410 e. The number of hydrogen-bond acceptors (Lipinski definition) is 4. The van der Waals surface area contributed by atoms with Gasteiger partial charge in [-0.25, -0.2) is 4.79 Å². The van der Waals surface area contributed by atoms with Crippen LogP contribution in [-0.2, 0) is 16.9 Å². The first-order chi connectivity index (χ1) is 13.3. The molecule has 1 saturated heterocycles. The Labute approximate surface area is 166 Å². The molecule has 1 unspecified atom stereocenters. The van der Waals surface area contributed by atoms with Crippen molar-refractivity contribution in [1.29, 1.82) is 0 Å². The molecule has 0 aliphatic carbocycles. The lowest BCUT2D eigenvalue weighted by molar-refractivity contribution is -0.0465. The third-order valence-electron chi connectivity index (χ3n) is 4.76. The van der Waals surface area contributed by atoms with Crippen LogP contribution in [0.15, 0.2) is 54.6 Å². The van der Waals surface area contributed by atoms with Crippen molar-refractivity contribution < 1.29 is 19.4 Å². The summed E-state index contributed by atoms with van der Waals surface area (Å²) in [6.45, 7) is 6.85. The Morgan fingerprint density at radius 1 is 1.11 bits per heavy atom. The highest BCUT2D eigenvalue weighted by molar-refractivity contribution is 5.68. The monoisotopic (exact) mass is 383 g/mol. The molecule has 1 amide bonds. The van der Waals surface area contributed by atoms with Crippen LogP contribution in [0.5, 0.6) is 5.75 Å². The van der Waals surface area contributed by atoms with Crippen LogP contribution in [0.25, 0.3) is 0 Å². The molecule has 1 N–H and O–H groups in total. The summed E-state index contributed by atoms with van der Waals surface area (Å²) in [5, 5.41) is 11.2. The third kappa shape index (κ3) is 5.26.